The van der Waals surface area contributed by atoms with Gasteiger partial charge in [-0.3, -0.25) is 9.59 Å². The van der Waals surface area contributed by atoms with E-state index >= 15 is 0 Å². The van der Waals surface area contributed by atoms with Crippen LogP contribution in [0.5, 0.6) is 17.2 Å². The average molecular weight is 545 g/mol. The molecule has 1 fully saturated rings. The van der Waals surface area contributed by atoms with E-state index in [0.29, 0.717) is 29.4 Å². The van der Waals surface area contributed by atoms with Crippen LogP contribution in [0.1, 0.15) is 15.9 Å². The molecule has 4 rings (SSSR count). The van der Waals surface area contributed by atoms with Gasteiger partial charge in [0.25, 0.3) is 11.8 Å². The number of hydrogen-bond donors (Lipinski definition) is 2. The Hall–Kier alpha value is -5.16. The first-order chi connectivity index (χ1) is 19.4. The lowest BCUT2D eigenvalue weighted by atomic mass is 10.1. The summed E-state index contributed by atoms with van der Waals surface area (Å²) in [6, 6.07) is 20.5. The van der Waals surface area contributed by atoms with Gasteiger partial charge in [0.15, 0.2) is 17.2 Å². The fourth-order valence-electron chi connectivity index (χ4n) is 3.81. The van der Waals surface area contributed by atoms with Gasteiger partial charge in [0, 0.05) is 18.2 Å². The second-order valence-electron chi connectivity index (χ2n) is 8.41. The predicted octanol–water partition coefficient (Wildman–Crippen LogP) is 3.02. The molecule has 1 heterocycles. The van der Waals surface area contributed by atoms with Crippen molar-refractivity contribution in [2.24, 2.45) is 4.99 Å². The van der Waals surface area contributed by atoms with Gasteiger partial charge >= 0.3 is 5.97 Å². The Labute approximate surface area is 230 Å². The highest BCUT2D eigenvalue weighted by molar-refractivity contribution is 6.45. The second kappa shape index (κ2) is 13.1. The zero-order valence-corrected chi connectivity index (χ0v) is 22.2. The largest absolute Gasteiger partial charge is 0.497 e. The van der Waals surface area contributed by atoms with Gasteiger partial charge in [-0.15, -0.1) is 0 Å². The zero-order chi connectivity index (χ0) is 28.5. The van der Waals surface area contributed by atoms with Crippen LogP contribution in [0.25, 0.3) is 0 Å². The summed E-state index contributed by atoms with van der Waals surface area (Å²) in [4.78, 5) is 47.8. The molecule has 40 heavy (non-hydrogen) atoms. The molecule has 3 aromatic rings. The van der Waals surface area contributed by atoms with Gasteiger partial charge in [0.2, 0.25) is 0 Å². The van der Waals surface area contributed by atoms with E-state index in [1.54, 1.807) is 74.9 Å². The molecular weight excluding hydrogens is 516 g/mol. The maximum absolute atomic E-state index is 13.3. The van der Waals surface area contributed by atoms with Gasteiger partial charge in [-0.2, -0.15) is 0 Å². The van der Waals surface area contributed by atoms with E-state index in [-0.39, 0.29) is 23.5 Å². The zero-order valence-electron chi connectivity index (χ0n) is 22.2. The van der Waals surface area contributed by atoms with E-state index in [4.69, 9.17) is 19.0 Å². The molecule has 1 aliphatic rings. The minimum Gasteiger partial charge on any atom is -0.497 e. The third-order valence-electron chi connectivity index (χ3n) is 5.91. The van der Waals surface area contributed by atoms with Gasteiger partial charge in [-0.25, -0.2) is 14.8 Å². The Morgan fingerprint density at radius 2 is 1.68 bits per heavy atom. The minimum absolute atomic E-state index is 0.0418. The van der Waals surface area contributed by atoms with E-state index in [9.17, 15) is 14.4 Å². The summed E-state index contributed by atoms with van der Waals surface area (Å²) < 4.78 is 15.8. The van der Waals surface area contributed by atoms with Crippen molar-refractivity contribution in [3.63, 3.8) is 0 Å². The van der Waals surface area contributed by atoms with Crippen molar-refractivity contribution >= 4 is 29.2 Å². The van der Waals surface area contributed by atoms with Crippen molar-refractivity contribution in [1.82, 2.24) is 10.9 Å². The molecule has 0 saturated carbocycles. The quantitative estimate of drug-likeness (QED) is 0.292. The molecule has 0 bridgehead atoms. The number of ether oxygens (including phenoxy) is 3. The summed E-state index contributed by atoms with van der Waals surface area (Å²) in [6.07, 6.45) is 1.67. The number of benzene rings is 3. The number of aliphatic imine (C=N–C) groups is 1. The van der Waals surface area contributed by atoms with Gasteiger partial charge in [-0.05, 0) is 60.5 Å². The monoisotopic (exact) mass is 544 g/mol. The first-order valence-electron chi connectivity index (χ1n) is 12.2. The molecule has 2 N–H and O–H groups in total. The maximum atomic E-state index is 13.3. The Balaban J connectivity index is 1.59. The van der Waals surface area contributed by atoms with Gasteiger partial charge in [0.05, 0.1) is 27.0 Å². The van der Waals surface area contributed by atoms with Crippen LogP contribution in [0.3, 0.4) is 0 Å². The lowest BCUT2D eigenvalue weighted by Crippen LogP contribution is -2.34. The smallest absolute Gasteiger partial charge is 0.376 e. The van der Waals surface area contributed by atoms with E-state index < -0.39 is 17.8 Å². The fraction of sp³-hybridized carbons (Fsp3) is 0.172. The number of amides is 2. The Morgan fingerprint density at radius 3 is 2.35 bits per heavy atom. The lowest BCUT2D eigenvalue weighted by Gasteiger charge is -2.16. The van der Waals surface area contributed by atoms with Crippen LogP contribution in [-0.4, -0.2) is 51.4 Å². The molecule has 11 nitrogen and oxygen atoms in total. The Bertz CT molecular complexity index is 1440. The first-order valence-corrected chi connectivity index (χ1v) is 12.2. The summed E-state index contributed by atoms with van der Waals surface area (Å²) in [5.41, 5.74) is 3.90. The van der Waals surface area contributed by atoms with Crippen LogP contribution in [0.2, 0.25) is 0 Å². The standard InChI is InChI=1S/C29H28N4O7/c1-37-22-12-10-21(11-13-22)33-24(29(36)40-32-33)18-23(31-27(34)20-7-5-4-6-8-20)28(35)30-16-15-19-9-14-25(38-2)26(17-19)39-3/h4-14,17-18,32H,15-16H2,1-3H3,(H,30,35)/b24-18+,31-23?. The number of nitrogens with zero attached hydrogens (tertiary/aromatic N) is 2. The van der Waals surface area contributed by atoms with Crippen molar-refractivity contribution < 1.29 is 33.4 Å². The molecule has 0 aromatic heterocycles. The molecule has 0 unspecified atom stereocenters. The highest BCUT2D eigenvalue weighted by Crippen LogP contribution is 2.28. The van der Waals surface area contributed by atoms with Crippen molar-refractivity contribution in [3.05, 3.63) is 95.7 Å². The van der Waals surface area contributed by atoms with Gasteiger partial charge in [0.1, 0.15) is 11.5 Å². The van der Waals surface area contributed by atoms with Gasteiger partial charge in [-0.1, -0.05) is 29.9 Å². The molecule has 2 amide bonds. The second-order valence-corrected chi connectivity index (χ2v) is 8.41. The molecule has 1 aliphatic heterocycles. The molecule has 0 aliphatic carbocycles. The molecule has 0 atom stereocenters. The Morgan fingerprint density at radius 1 is 0.950 bits per heavy atom. The first kappa shape index (κ1) is 27.9. The maximum Gasteiger partial charge on any atom is 0.376 e. The summed E-state index contributed by atoms with van der Waals surface area (Å²) in [5.74, 6) is -0.268. The fourth-order valence-corrected chi connectivity index (χ4v) is 3.81. The number of rotatable bonds is 10. The topological polar surface area (TPSA) is 128 Å². The molecule has 0 radical (unpaired) electrons. The van der Waals surface area contributed by atoms with E-state index in [2.05, 4.69) is 15.9 Å². The number of nitrogens with one attached hydrogen (secondary N) is 2. The molecule has 3 aromatic carbocycles. The number of carbonyl (C=O) groups excluding carboxylic acids is 3. The van der Waals surface area contributed by atoms with Crippen molar-refractivity contribution in [3.8, 4) is 17.2 Å². The highest BCUT2D eigenvalue weighted by Gasteiger charge is 2.30. The van der Waals surface area contributed by atoms with E-state index in [0.717, 1.165) is 5.56 Å². The molecular formula is C29H28N4O7. The summed E-state index contributed by atoms with van der Waals surface area (Å²) in [5, 5.41) is 4.10. The van der Waals surface area contributed by atoms with Crippen LogP contribution in [0.15, 0.2) is 89.6 Å². The van der Waals surface area contributed by atoms with Crippen LogP contribution in [-0.2, 0) is 20.8 Å². The van der Waals surface area contributed by atoms with Crippen LogP contribution >= 0.6 is 0 Å². The molecule has 1 saturated heterocycles. The number of carbonyl (C=O) groups is 3. The lowest BCUT2D eigenvalue weighted by molar-refractivity contribution is -0.140. The summed E-state index contributed by atoms with van der Waals surface area (Å²) in [7, 11) is 4.63. The molecule has 11 heteroatoms. The third-order valence-corrected chi connectivity index (χ3v) is 5.91. The number of hydrazine groups is 1. The minimum atomic E-state index is -0.756. The highest BCUT2D eigenvalue weighted by atomic mass is 16.7. The van der Waals surface area contributed by atoms with E-state index in [1.807, 2.05) is 12.1 Å². The van der Waals surface area contributed by atoms with Crippen LogP contribution in [0.4, 0.5) is 5.69 Å². The molecule has 0 spiro atoms. The number of anilines is 1. The number of methoxy groups -OCH3 is 3. The van der Waals surface area contributed by atoms with Crippen molar-refractivity contribution in [2.45, 2.75) is 6.42 Å². The normalized spacial score (nSPS) is 14.1. The van der Waals surface area contributed by atoms with Crippen LogP contribution < -0.4 is 30.1 Å². The van der Waals surface area contributed by atoms with Crippen molar-refractivity contribution in [1.29, 1.82) is 0 Å². The van der Waals surface area contributed by atoms with Crippen molar-refractivity contribution in [2.75, 3.05) is 32.9 Å². The third kappa shape index (κ3) is 6.63. The number of hydrogen-bond acceptors (Lipinski definition) is 9. The summed E-state index contributed by atoms with van der Waals surface area (Å²) >= 11 is 0. The van der Waals surface area contributed by atoms with Crippen LogP contribution in [0, 0.1) is 0 Å². The van der Waals surface area contributed by atoms with E-state index in [1.165, 1.54) is 18.2 Å². The summed E-state index contributed by atoms with van der Waals surface area (Å²) in [6.45, 7) is 0.223. The molecule has 206 valence electrons. The SMILES string of the molecule is COc1ccc(N2NOC(=O)/C2=C\C(=NC(=O)c2ccccc2)C(=O)NCCc2ccc(OC)c(OC)c2)cc1. The average Bonchev–Trinajstić information content (AvgIpc) is 3.36. The Kier molecular flexibility index (Phi) is 9.11. The van der Waals surface area contributed by atoms with Gasteiger partial charge < -0.3 is 24.4 Å². The predicted molar refractivity (Wildman–Crippen MR) is 147 cm³/mol.